The van der Waals surface area contributed by atoms with E-state index in [1.165, 1.54) is 17.5 Å². The predicted molar refractivity (Wildman–Crippen MR) is 97.1 cm³/mol. The number of aryl methyl sites for hydroxylation is 1. The maximum Gasteiger partial charge on any atom is 0.222 e. The van der Waals surface area contributed by atoms with Crippen molar-refractivity contribution in [2.45, 2.75) is 38.5 Å². The van der Waals surface area contributed by atoms with Crippen molar-refractivity contribution in [2.24, 2.45) is 11.8 Å². The van der Waals surface area contributed by atoms with Gasteiger partial charge in [0.2, 0.25) is 5.91 Å². The van der Waals surface area contributed by atoms with E-state index in [2.05, 4.69) is 34.5 Å². The molecule has 1 amide bonds. The molecule has 1 atom stereocenters. The molecule has 0 saturated carbocycles. The first-order chi connectivity index (χ1) is 10.8. The summed E-state index contributed by atoms with van der Waals surface area (Å²) in [4.78, 5) is 14.7. The van der Waals surface area contributed by atoms with Crippen molar-refractivity contribution in [3.63, 3.8) is 0 Å². The van der Waals surface area contributed by atoms with Gasteiger partial charge < -0.3 is 10.2 Å². The number of hydrogen-bond acceptors (Lipinski definition) is 2. The van der Waals surface area contributed by atoms with E-state index in [0.29, 0.717) is 11.8 Å². The Kier molecular flexibility index (Phi) is 6.91. The van der Waals surface area contributed by atoms with Gasteiger partial charge in [0.1, 0.15) is 0 Å². The maximum atomic E-state index is 12.6. The van der Waals surface area contributed by atoms with Gasteiger partial charge in [-0.1, -0.05) is 24.3 Å². The Morgan fingerprint density at radius 1 is 1.13 bits per heavy atom. The summed E-state index contributed by atoms with van der Waals surface area (Å²) in [6.07, 6.45) is 6.43. The number of likely N-dealkylation sites (tertiary alicyclic amines) is 1. The van der Waals surface area contributed by atoms with Gasteiger partial charge in [0.05, 0.1) is 0 Å². The van der Waals surface area contributed by atoms with Crippen LogP contribution in [0.4, 0.5) is 0 Å². The lowest BCUT2D eigenvalue weighted by atomic mass is 9.82. The maximum absolute atomic E-state index is 12.6. The lowest BCUT2D eigenvalue weighted by Crippen LogP contribution is -2.41. The highest BCUT2D eigenvalue weighted by molar-refractivity contribution is 5.85. The predicted octanol–water partition coefficient (Wildman–Crippen LogP) is 3.06. The first kappa shape index (κ1) is 18.3. The van der Waals surface area contributed by atoms with Gasteiger partial charge in [-0.15, -0.1) is 12.4 Å². The van der Waals surface area contributed by atoms with Gasteiger partial charge in [-0.25, -0.2) is 0 Å². The summed E-state index contributed by atoms with van der Waals surface area (Å²) in [5, 5.41) is 3.25. The van der Waals surface area contributed by atoms with Crippen LogP contribution in [0.2, 0.25) is 0 Å². The molecular weight excluding hydrogens is 308 g/mol. The van der Waals surface area contributed by atoms with E-state index >= 15 is 0 Å². The molecular formula is C19H29ClN2O. The molecule has 1 aromatic carbocycles. The second kappa shape index (κ2) is 8.70. The third kappa shape index (κ3) is 4.71. The van der Waals surface area contributed by atoms with Crippen LogP contribution < -0.4 is 5.32 Å². The highest BCUT2D eigenvalue weighted by Crippen LogP contribution is 2.28. The van der Waals surface area contributed by atoms with Crippen LogP contribution in [0.1, 0.15) is 36.8 Å². The zero-order valence-corrected chi connectivity index (χ0v) is 14.9. The topological polar surface area (TPSA) is 32.3 Å². The number of carbonyl (C=O) groups excluding carboxylic acids is 1. The van der Waals surface area contributed by atoms with E-state index in [-0.39, 0.29) is 12.4 Å². The molecule has 0 aromatic heterocycles. The Morgan fingerprint density at radius 2 is 1.83 bits per heavy atom. The Bertz CT molecular complexity index is 512. The standard InChI is InChI=1S/C19H28N2O.ClH/c1-20-14-15-8-10-21(11-9-15)19(22)13-16-6-7-17-4-2-3-5-18(17)12-16;/h2-5,15-16,20H,6-14H2,1H3;1H. The fraction of sp³-hybridized carbons (Fsp3) is 0.632. The summed E-state index contributed by atoms with van der Waals surface area (Å²) in [6.45, 7) is 2.99. The number of piperidine rings is 1. The molecule has 128 valence electrons. The number of carbonyl (C=O) groups is 1. The average molecular weight is 337 g/mol. The van der Waals surface area contributed by atoms with Crippen LogP contribution in [0.25, 0.3) is 0 Å². The largest absolute Gasteiger partial charge is 0.343 e. The second-order valence-corrected chi connectivity index (χ2v) is 6.96. The summed E-state index contributed by atoms with van der Waals surface area (Å²) in [6, 6.07) is 8.71. The Hall–Kier alpha value is -1.06. The van der Waals surface area contributed by atoms with E-state index in [1.54, 1.807) is 0 Å². The minimum absolute atomic E-state index is 0. The van der Waals surface area contributed by atoms with Gasteiger partial charge in [-0.2, -0.15) is 0 Å². The fourth-order valence-electron chi connectivity index (χ4n) is 4.00. The first-order valence-electron chi connectivity index (χ1n) is 8.75. The molecule has 1 heterocycles. The number of hydrogen-bond donors (Lipinski definition) is 1. The number of rotatable bonds is 4. The molecule has 1 saturated heterocycles. The van der Waals surface area contributed by atoms with Crippen LogP contribution in [-0.4, -0.2) is 37.5 Å². The molecule has 2 aliphatic rings. The molecule has 3 rings (SSSR count). The molecule has 1 unspecified atom stereocenters. The molecule has 1 aromatic rings. The Morgan fingerprint density at radius 3 is 2.52 bits per heavy atom. The van der Waals surface area contributed by atoms with Crippen molar-refractivity contribution in [1.29, 1.82) is 0 Å². The molecule has 4 heteroatoms. The normalized spacial score (nSPS) is 21.4. The molecule has 1 aliphatic carbocycles. The van der Waals surface area contributed by atoms with Gasteiger partial charge >= 0.3 is 0 Å². The van der Waals surface area contributed by atoms with E-state index in [1.807, 2.05) is 7.05 Å². The lowest BCUT2D eigenvalue weighted by molar-refractivity contribution is -0.133. The number of nitrogens with one attached hydrogen (secondary N) is 1. The third-order valence-corrected chi connectivity index (χ3v) is 5.37. The van der Waals surface area contributed by atoms with E-state index in [0.717, 1.165) is 57.7 Å². The first-order valence-corrected chi connectivity index (χ1v) is 8.75. The molecule has 0 bridgehead atoms. The molecule has 1 aliphatic heterocycles. The fourth-order valence-corrected chi connectivity index (χ4v) is 4.00. The third-order valence-electron chi connectivity index (χ3n) is 5.37. The van der Waals surface area contributed by atoms with Crippen molar-refractivity contribution in [2.75, 3.05) is 26.7 Å². The number of nitrogens with zero attached hydrogens (tertiary/aromatic N) is 1. The van der Waals surface area contributed by atoms with Gasteiger partial charge in [0.25, 0.3) is 0 Å². The average Bonchev–Trinajstić information content (AvgIpc) is 2.56. The highest BCUT2D eigenvalue weighted by atomic mass is 35.5. The van der Waals surface area contributed by atoms with Crippen molar-refractivity contribution < 1.29 is 4.79 Å². The van der Waals surface area contributed by atoms with Crippen LogP contribution in [0.5, 0.6) is 0 Å². The Balaban J connectivity index is 0.00000192. The smallest absolute Gasteiger partial charge is 0.222 e. The zero-order valence-electron chi connectivity index (χ0n) is 14.1. The van der Waals surface area contributed by atoms with E-state index < -0.39 is 0 Å². The number of fused-ring (bicyclic) bond motifs is 1. The van der Waals surface area contributed by atoms with Crippen molar-refractivity contribution in [3.8, 4) is 0 Å². The van der Waals surface area contributed by atoms with Gasteiger partial charge in [-0.05, 0) is 68.7 Å². The zero-order chi connectivity index (χ0) is 15.4. The van der Waals surface area contributed by atoms with Crippen molar-refractivity contribution >= 4 is 18.3 Å². The molecule has 23 heavy (non-hydrogen) atoms. The molecule has 0 radical (unpaired) electrons. The number of benzene rings is 1. The van der Waals surface area contributed by atoms with Crippen molar-refractivity contribution in [3.05, 3.63) is 35.4 Å². The minimum atomic E-state index is 0. The number of amides is 1. The van der Waals surface area contributed by atoms with Gasteiger partial charge in [0.15, 0.2) is 0 Å². The molecule has 3 nitrogen and oxygen atoms in total. The summed E-state index contributed by atoms with van der Waals surface area (Å²) in [7, 11) is 2.01. The molecule has 1 fully saturated rings. The van der Waals surface area contributed by atoms with E-state index in [4.69, 9.17) is 0 Å². The van der Waals surface area contributed by atoms with Crippen LogP contribution >= 0.6 is 12.4 Å². The number of halogens is 1. The monoisotopic (exact) mass is 336 g/mol. The summed E-state index contributed by atoms with van der Waals surface area (Å²) in [5.74, 6) is 1.67. The SMILES string of the molecule is CNCC1CCN(C(=O)CC2CCc3ccccc3C2)CC1.Cl. The summed E-state index contributed by atoms with van der Waals surface area (Å²) in [5.41, 5.74) is 2.94. The Labute approximate surface area is 146 Å². The highest BCUT2D eigenvalue weighted by Gasteiger charge is 2.26. The lowest BCUT2D eigenvalue weighted by Gasteiger charge is -2.33. The molecule has 1 N–H and O–H groups in total. The van der Waals surface area contributed by atoms with Gasteiger partial charge in [0, 0.05) is 19.5 Å². The summed E-state index contributed by atoms with van der Waals surface area (Å²) >= 11 is 0. The van der Waals surface area contributed by atoms with E-state index in [9.17, 15) is 4.79 Å². The van der Waals surface area contributed by atoms with Crippen LogP contribution in [0.3, 0.4) is 0 Å². The molecule has 0 spiro atoms. The van der Waals surface area contributed by atoms with Crippen LogP contribution in [0, 0.1) is 11.8 Å². The summed E-state index contributed by atoms with van der Waals surface area (Å²) < 4.78 is 0. The van der Waals surface area contributed by atoms with Crippen molar-refractivity contribution in [1.82, 2.24) is 10.2 Å². The van der Waals surface area contributed by atoms with Crippen LogP contribution in [0.15, 0.2) is 24.3 Å². The van der Waals surface area contributed by atoms with Gasteiger partial charge in [-0.3, -0.25) is 4.79 Å². The minimum Gasteiger partial charge on any atom is -0.343 e. The van der Waals surface area contributed by atoms with Crippen LogP contribution in [-0.2, 0) is 17.6 Å². The second-order valence-electron chi connectivity index (χ2n) is 6.96. The quantitative estimate of drug-likeness (QED) is 0.916.